The van der Waals surface area contributed by atoms with Crippen molar-refractivity contribution in [2.75, 3.05) is 36.9 Å². The summed E-state index contributed by atoms with van der Waals surface area (Å²) in [5, 5.41) is 6.80. The molecule has 1 aromatic rings. The van der Waals surface area contributed by atoms with Crippen LogP contribution in [0.15, 0.2) is 23.9 Å². The van der Waals surface area contributed by atoms with Gasteiger partial charge in [0.15, 0.2) is 0 Å². The van der Waals surface area contributed by atoms with Gasteiger partial charge in [-0.1, -0.05) is 11.6 Å². The zero-order valence-electron chi connectivity index (χ0n) is 16.2. The van der Waals surface area contributed by atoms with Gasteiger partial charge in [-0.3, -0.25) is 0 Å². The summed E-state index contributed by atoms with van der Waals surface area (Å²) < 4.78 is 5.07. The number of anilines is 2. The molecule has 2 heterocycles. The highest BCUT2D eigenvalue weighted by atomic mass is 16.6. The summed E-state index contributed by atoms with van der Waals surface area (Å²) in [6.07, 6.45) is 11.9. The summed E-state index contributed by atoms with van der Waals surface area (Å²) in [5.74, 6) is 1.50. The molecule has 0 unspecified atom stereocenters. The van der Waals surface area contributed by atoms with E-state index in [1.807, 2.05) is 13.0 Å². The molecule has 7 nitrogen and oxygen atoms in total. The van der Waals surface area contributed by atoms with Gasteiger partial charge in [-0.05, 0) is 57.9 Å². The van der Waals surface area contributed by atoms with Gasteiger partial charge in [0.05, 0.1) is 6.61 Å². The molecule has 0 spiro atoms. The lowest BCUT2D eigenvalue weighted by atomic mass is 9.97. The fourth-order valence-corrected chi connectivity index (χ4v) is 3.62. The van der Waals surface area contributed by atoms with Crippen LogP contribution in [0.4, 0.5) is 16.6 Å². The van der Waals surface area contributed by atoms with E-state index in [0.717, 1.165) is 31.6 Å². The smallest absolute Gasteiger partial charge is 0.409 e. The lowest BCUT2D eigenvalue weighted by molar-refractivity contribution is 0.0983. The van der Waals surface area contributed by atoms with Gasteiger partial charge >= 0.3 is 6.09 Å². The number of nitrogens with zero attached hydrogens (tertiary/aromatic N) is 3. The molecule has 1 saturated heterocycles. The molecule has 0 aromatic carbocycles. The van der Waals surface area contributed by atoms with Gasteiger partial charge in [0, 0.05) is 31.9 Å². The predicted molar refractivity (Wildman–Crippen MR) is 107 cm³/mol. The molecule has 2 N–H and O–H groups in total. The molecule has 0 bridgehead atoms. The van der Waals surface area contributed by atoms with Crippen LogP contribution in [0.5, 0.6) is 0 Å². The van der Waals surface area contributed by atoms with Gasteiger partial charge in [0.2, 0.25) is 5.95 Å². The Kier molecular flexibility index (Phi) is 7.30. The van der Waals surface area contributed by atoms with E-state index >= 15 is 0 Å². The fraction of sp³-hybridized carbons (Fsp3) is 0.650. The molecule has 0 saturated carbocycles. The van der Waals surface area contributed by atoms with Crippen molar-refractivity contribution < 1.29 is 9.53 Å². The number of rotatable bonds is 7. The third kappa shape index (κ3) is 6.12. The Hall–Kier alpha value is -2.31. The number of ether oxygens (including phenoxy) is 1. The minimum absolute atomic E-state index is 0.211. The van der Waals surface area contributed by atoms with E-state index in [1.165, 1.54) is 25.7 Å². The number of nitrogens with one attached hydrogen (secondary N) is 2. The predicted octanol–water partition coefficient (Wildman–Crippen LogP) is 3.81. The summed E-state index contributed by atoms with van der Waals surface area (Å²) in [7, 11) is 0. The van der Waals surface area contributed by atoms with E-state index in [1.54, 1.807) is 16.7 Å². The second-order valence-corrected chi connectivity index (χ2v) is 7.15. The monoisotopic (exact) mass is 373 g/mol. The molecule has 3 rings (SSSR count). The van der Waals surface area contributed by atoms with E-state index in [0.29, 0.717) is 31.7 Å². The molecule has 7 heteroatoms. The maximum absolute atomic E-state index is 11.8. The van der Waals surface area contributed by atoms with Crippen molar-refractivity contribution in [1.82, 2.24) is 14.9 Å². The first-order valence-corrected chi connectivity index (χ1v) is 10.2. The van der Waals surface area contributed by atoms with E-state index in [2.05, 4.69) is 26.7 Å². The normalized spacial score (nSPS) is 18.0. The maximum atomic E-state index is 11.8. The number of carbonyl (C=O) groups excluding carboxylic acids is 1. The second kappa shape index (κ2) is 10.1. The van der Waals surface area contributed by atoms with Crippen LogP contribution in [0.1, 0.15) is 51.9 Å². The third-order valence-corrected chi connectivity index (χ3v) is 5.14. The van der Waals surface area contributed by atoms with Crippen molar-refractivity contribution in [2.45, 2.75) is 57.9 Å². The first kappa shape index (κ1) is 19.5. The molecule has 1 aliphatic carbocycles. The Morgan fingerprint density at radius 2 is 2.19 bits per heavy atom. The van der Waals surface area contributed by atoms with Gasteiger partial charge in [-0.25, -0.2) is 9.78 Å². The second-order valence-electron chi connectivity index (χ2n) is 7.15. The highest BCUT2D eigenvalue weighted by Crippen LogP contribution is 2.20. The number of aromatic nitrogens is 2. The van der Waals surface area contributed by atoms with Crippen molar-refractivity contribution in [2.24, 2.45) is 0 Å². The van der Waals surface area contributed by atoms with Crippen LogP contribution in [0.25, 0.3) is 0 Å². The molecule has 1 fully saturated rings. The molecule has 1 aromatic heterocycles. The maximum Gasteiger partial charge on any atom is 0.409 e. The SMILES string of the molecule is CCOC(=O)N1CCC(Nc2ccnc(NCCC3=CCCCC3)n2)CC1. The van der Waals surface area contributed by atoms with Gasteiger partial charge < -0.3 is 20.3 Å². The average molecular weight is 374 g/mol. The highest BCUT2D eigenvalue weighted by molar-refractivity contribution is 5.67. The number of likely N-dealkylation sites (tertiary alicyclic amines) is 1. The Balaban J connectivity index is 1.42. The zero-order chi connectivity index (χ0) is 18.9. The molecule has 1 aliphatic heterocycles. The van der Waals surface area contributed by atoms with E-state index in [4.69, 9.17) is 4.74 Å². The lowest BCUT2D eigenvalue weighted by Crippen LogP contribution is -2.42. The number of carbonyl (C=O) groups is 1. The summed E-state index contributed by atoms with van der Waals surface area (Å²) in [6, 6.07) is 2.21. The highest BCUT2D eigenvalue weighted by Gasteiger charge is 2.23. The molecule has 0 radical (unpaired) electrons. The average Bonchev–Trinajstić information content (AvgIpc) is 2.70. The lowest BCUT2D eigenvalue weighted by Gasteiger charge is -2.31. The Labute approximate surface area is 161 Å². The summed E-state index contributed by atoms with van der Waals surface area (Å²) >= 11 is 0. The van der Waals surface area contributed by atoms with Crippen molar-refractivity contribution in [3.8, 4) is 0 Å². The van der Waals surface area contributed by atoms with Gasteiger partial charge in [0.1, 0.15) is 5.82 Å². The number of hydrogen-bond donors (Lipinski definition) is 2. The van der Waals surface area contributed by atoms with Gasteiger partial charge in [0.25, 0.3) is 0 Å². The number of amides is 1. The molecule has 148 valence electrons. The zero-order valence-corrected chi connectivity index (χ0v) is 16.2. The quantitative estimate of drug-likeness (QED) is 0.708. The van der Waals surface area contributed by atoms with Crippen LogP contribution in [0.2, 0.25) is 0 Å². The minimum atomic E-state index is -0.211. The molecular formula is C20H31N5O2. The van der Waals surface area contributed by atoms with Crippen molar-refractivity contribution >= 4 is 17.9 Å². The van der Waals surface area contributed by atoms with E-state index < -0.39 is 0 Å². The summed E-state index contributed by atoms with van der Waals surface area (Å²) in [5.41, 5.74) is 1.55. The van der Waals surface area contributed by atoms with E-state index in [-0.39, 0.29) is 6.09 Å². The molecule has 1 amide bonds. The van der Waals surface area contributed by atoms with Crippen LogP contribution >= 0.6 is 0 Å². The first-order chi connectivity index (χ1) is 13.2. The van der Waals surface area contributed by atoms with Crippen LogP contribution in [-0.4, -0.2) is 53.2 Å². The Morgan fingerprint density at radius 1 is 1.33 bits per heavy atom. The van der Waals surface area contributed by atoms with E-state index in [9.17, 15) is 4.79 Å². The number of piperidine rings is 1. The fourth-order valence-electron chi connectivity index (χ4n) is 3.62. The van der Waals surface area contributed by atoms with Crippen molar-refractivity contribution in [1.29, 1.82) is 0 Å². The van der Waals surface area contributed by atoms with Gasteiger partial charge in [-0.2, -0.15) is 4.98 Å². The van der Waals surface area contributed by atoms with Crippen LogP contribution in [-0.2, 0) is 4.74 Å². The Morgan fingerprint density at radius 3 is 2.93 bits per heavy atom. The summed E-state index contributed by atoms with van der Waals surface area (Å²) in [4.78, 5) is 22.4. The third-order valence-electron chi connectivity index (χ3n) is 5.14. The van der Waals surface area contributed by atoms with Gasteiger partial charge in [-0.15, -0.1) is 0 Å². The molecule has 0 atom stereocenters. The van der Waals surface area contributed by atoms with Crippen LogP contribution in [0, 0.1) is 0 Å². The largest absolute Gasteiger partial charge is 0.450 e. The van der Waals surface area contributed by atoms with Crippen LogP contribution in [0.3, 0.4) is 0 Å². The standard InChI is InChI=1S/C20H31N5O2/c1-2-27-20(26)25-14-10-17(11-15-25)23-18-9-13-22-19(24-18)21-12-8-16-6-4-3-5-7-16/h6,9,13,17H,2-5,7-8,10-12,14-15H2,1H3,(H2,21,22,23,24). The number of hydrogen-bond acceptors (Lipinski definition) is 6. The molecule has 27 heavy (non-hydrogen) atoms. The van der Waals surface area contributed by atoms with Crippen molar-refractivity contribution in [3.63, 3.8) is 0 Å². The topological polar surface area (TPSA) is 79.4 Å². The molecule has 2 aliphatic rings. The first-order valence-electron chi connectivity index (χ1n) is 10.2. The minimum Gasteiger partial charge on any atom is -0.450 e. The molecular weight excluding hydrogens is 342 g/mol. The van der Waals surface area contributed by atoms with Crippen LogP contribution < -0.4 is 10.6 Å². The Bertz CT molecular complexity index is 641. The number of allylic oxidation sites excluding steroid dienone is 1. The van der Waals surface area contributed by atoms with Crippen molar-refractivity contribution in [3.05, 3.63) is 23.9 Å². The summed E-state index contributed by atoms with van der Waals surface area (Å²) in [6.45, 7) is 4.54.